The van der Waals surface area contributed by atoms with E-state index in [9.17, 15) is 14.4 Å². The van der Waals surface area contributed by atoms with Gasteiger partial charge in [-0.1, -0.05) is 36.4 Å². The third kappa shape index (κ3) is 6.31. The van der Waals surface area contributed by atoms with Crippen molar-refractivity contribution in [3.05, 3.63) is 82.7 Å². The molecule has 0 radical (unpaired) electrons. The fraction of sp³-hybridized carbons (Fsp3) is 0.367. The van der Waals surface area contributed by atoms with E-state index in [1.54, 1.807) is 13.2 Å². The number of ketones is 1. The molecule has 3 heterocycles. The molecule has 2 aromatic carbocycles. The minimum atomic E-state index is -0.155. The Balaban J connectivity index is 1.09. The number of methoxy groups -OCH3 is 1. The van der Waals surface area contributed by atoms with E-state index in [1.807, 2.05) is 64.4 Å². The van der Waals surface area contributed by atoms with Gasteiger partial charge in [0.15, 0.2) is 5.78 Å². The van der Waals surface area contributed by atoms with E-state index >= 15 is 0 Å². The van der Waals surface area contributed by atoms with Crippen LogP contribution in [0.5, 0.6) is 0 Å². The predicted octanol–water partition coefficient (Wildman–Crippen LogP) is 3.88. The molecule has 1 aliphatic heterocycles. The normalized spacial score (nSPS) is 14.1. The Morgan fingerprint density at radius 3 is 2.59 bits per heavy atom. The Kier molecular flexibility index (Phi) is 8.27. The van der Waals surface area contributed by atoms with Crippen molar-refractivity contribution >= 4 is 22.6 Å². The molecule has 9 heteroatoms. The highest BCUT2D eigenvalue weighted by atomic mass is 16.5. The lowest BCUT2D eigenvalue weighted by atomic mass is 9.88. The Morgan fingerprint density at radius 2 is 1.82 bits per heavy atom. The number of likely N-dealkylation sites (tertiary alicyclic amines) is 1. The number of piperidine rings is 1. The average molecular weight is 528 g/mol. The number of hydrogen-bond donors (Lipinski definition) is 1. The first-order valence-electron chi connectivity index (χ1n) is 13.4. The fourth-order valence-corrected chi connectivity index (χ4v) is 5.09. The second-order valence-corrected chi connectivity index (χ2v) is 9.96. The van der Waals surface area contributed by atoms with Gasteiger partial charge in [0, 0.05) is 56.3 Å². The monoisotopic (exact) mass is 527 g/mol. The van der Waals surface area contributed by atoms with Crippen LogP contribution in [0.15, 0.2) is 65.7 Å². The molecule has 0 bridgehead atoms. The van der Waals surface area contributed by atoms with E-state index in [4.69, 9.17) is 4.74 Å². The molecule has 0 aliphatic carbocycles. The Morgan fingerprint density at radius 1 is 1.05 bits per heavy atom. The molecular formula is C30H33N5O4. The molecule has 1 saturated heterocycles. The topological polar surface area (TPSA) is 110 Å². The minimum absolute atomic E-state index is 0.0800. The van der Waals surface area contributed by atoms with Crippen molar-refractivity contribution in [3.8, 4) is 11.1 Å². The first-order valence-corrected chi connectivity index (χ1v) is 13.4. The number of aryl methyl sites for hydroxylation is 1. The van der Waals surface area contributed by atoms with Crippen molar-refractivity contribution in [3.63, 3.8) is 0 Å². The fourth-order valence-electron chi connectivity index (χ4n) is 5.09. The highest BCUT2D eigenvalue weighted by molar-refractivity contribution is 5.98. The molecule has 1 amide bonds. The lowest BCUT2D eigenvalue weighted by molar-refractivity contribution is -0.132. The largest absolute Gasteiger partial charge is 0.383 e. The van der Waals surface area contributed by atoms with Gasteiger partial charge in [0.05, 0.1) is 30.3 Å². The number of amides is 1. The molecular weight excluding hydrogens is 494 g/mol. The van der Waals surface area contributed by atoms with Crippen LogP contribution in [-0.2, 0) is 22.5 Å². The lowest BCUT2D eigenvalue weighted by Gasteiger charge is -2.31. The van der Waals surface area contributed by atoms with Gasteiger partial charge >= 0.3 is 0 Å². The average Bonchev–Trinajstić information content (AvgIpc) is 3.45. The van der Waals surface area contributed by atoms with Crippen LogP contribution < -0.4 is 5.56 Å². The Bertz CT molecular complexity index is 1500. The zero-order valence-corrected chi connectivity index (χ0v) is 22.1. The number of aromatic amines is 1. The summed E-state index contributed by atoms with van der Waals surface area (Å²) in [6, 6.07) is 14.9. The summed E-state index contributed by atoms with van der Waals surface area (Å²) in [5, 5.41) is 4.92. The number of rotatable bonds is 10. The first-order chi connectivity index (χ1) is 19.0. The number of hydrogen-bond acceptors (Lipinski definition) is 6. The van der Waals surface area contributed by atoms with Gasteiger partial charge in [0.2, 0.25) is 5.91 Å². The number of ether oxygens (including phenoxy) is 1. The van der Waals surface area contributed by atoms with E-state index in [0.717, 1.165) is 11.1 Å². The summed E-state index contributed by atoms with van der Waals surface area (Å²) in [4.78, 5) is 47.3. The third-order valence-corrected chi connectivity index (χ3v) is 7.35. The molecule has 1 N–H and O–H groups in total. The van der Waals surface area contributed by atoms with Gasteiger partial charge in [0.1, 0.15) is 5.82 Å². The number of nitrogens with one attached hydrogen (secondary N) is 1. The molecule has 2 aromatic heterocycles. The van der Waals surface area contributed by atoms with Crippen LogP contribution in [0.3, 0.4) is 0 Å². The van der Waals surface area contributed by atoms with Gasteiger partial charge in [-0.05, 0) is 37.0 Å². The number of carbonyl (C=O) groups excluding carboxylic acids is 2. The van der Waals surface area contributed by atoms with Crippen LogP contribution >= 0.6 is 0 Å². The lowest BCUT2D eigenvalue weighted by Crippen LogP contribution is -2.40. The highest BCUT2D eigenvalue weighted by Crippen LogP contribution is 2.25. The zero-order valence-electron chi connectivity index (χ0n) is 22.1. The van der Waals surface area contributed by atoms with Crippen molar-refractivity contribution in [1.82, 2.24) is 24.6 Å². The summed E-state index contributed by atoms with van der Waals surface area (Å²) >= 11 is 0. The zero-order chi connectivity index (χ0) is 27.2. The molecule has 0 saturated carbocycles. The number of H-pyrrole nitrogens is 1. The summed E-state index contributed by atoms with van der Waals surface area (Å²) in [6.45, 7) is 2.46. The number of nitrogens with zero attached hydrogens (tertiary/aromatic N) is 4. The van der Waals surface area contributed by atoms with Gasteiger partial charge in [-0.15, -0.1) is 0 Å². The summed E-state index contributed by atoms with van der Waals surface area (Å²) in [5.74, 6) is 0.737. The summed E-state index contributed by atoms with van der Waals surface area (Å²) in [5.41, 5.74) is 3.22. The second kappa shape index (κ2) is 12.2. The predicted molar refractivity (Wildman–Crippen MR) is 148 cm³/mol. The van der Waals surface area contributed by atoms with E-state index in [2.05, 4.69) is 15.1 Å². The maximum absolute atomic E-state index is 13.1. The van der Waals surface area contributed by atoms with Crippen LogP contribution in [-0.4, -0.2) is 63.1 Å². The third-order valence-electron chi connectivity index (χ3n) is 7.35. The van der Waals surface area contributed by atoms with Crippen LogP contribution in [0.25, 0.3) is 22.0 Å². The quantitative estimate of drug-likeness (QED) is 0.314. The van der Waals surface area contributed by atoms with Gasteiger partial charge in [-0.2, -0.15) is 5.10 Å². The molecule has 1 fully saturated rings. The molecule has 5 rings (SSSR count). The van der Waals surface area contributed by atoms with Gasteiger partial charge < -0.3 is 14.6 Å². The number of benzene rings is 2. The van der Waals surface area contributed by atoms with Gasteiger partial charge in [-0.25, -0.2) is 4.98 Å². The SMILES string of the molecule is COCCn1cc(-c2ccc(C(=O)C3CCN(C(=O)CCCc4nc5ccccc5c(=O)[nH]4)CC3)cc2)cn1. The molecule has 1 aliphatic rings. The Labute approximate surface area is 226 Å². The van der Waals surface area contributed by atoms with Crippen molar-refractivity contribution < 1.29 is 14.3 Å². The van der Waals surface area contributed by atoms with Crippen molar-refractivity contribution in [2.75, 3.05) is 26.8 Å². The van der Waals surface area contributed by atoms with Crippen LogP contribution in [0.4, 0.5) is 0 Å². The molecule has 39 heavy (non-hydrogen) atoms. The van der Waals surface area contributed by atoms with Crippen LogP contribution in [0, 0.1) is 5.92 Å². The van der Waals surface area contributed by atoms with Gasteiger partial charge in [0.25, 0.3) is 5.56 Å². The molecule has 9 nitrogen and oxygen atoms in total. The smallest absolute Gasteiger partial charge is 0.258 e. The van der Waals surface area contributed by atoms with Crippen LogP contribution in [0.2, 0.25) is 0 Å². The highest BCUT2D eigenvalue weighted by Gasteiger charge is 2.27. The van der Waals surface area contributed by atoms with Crippen LogP contribution in [0.1, 0.15) is 41.9 Å². The standard InChI is InChI=1S/C30H33N5O4/c1-39-18-17-35-20-24(19-31-35)21-9-11-22(12-10-21)29(37)23-13-15-34(16-14-23)28(36)8-4-7-27-32-26-6-3-2-5-25(26)30(38)33-27/h2-3,5-6,9-12,19-20,23H,4,7-8,13-18H2,1H3,(H,32,33,38). The summed E-state index contributed by atoms with van der Waals surface area (Å²) in [6.07, 6.45) is 6.65. The molecule has 4 aromatic rings. The van der Waals surface area contributed by atoms with Gasteiger partial charge in [-0.3, -0.25) is 19.1 Å². The van der Waals surface area contributed by atoms with E-state index in [0.29, 0.717) is 80.6 Å². The number of carbonyl (C=O) groups is 2. The number of fused-ring (bicyclic) bond motifs is 1. The van der Waals surface area contributed by atoms with Crippen molar-refractivity contribution in [1.29, 1.82) is 0 Å². The molecule has 0 spiro atoms. The van der Waals surface area contributed by atoms with Crippen molar-refractivity contribution in [2.24, 2.45) is 5.92 Å². The minimum Gasteiger partial charge on any atom is -0.383 e. The Hall–Kier alpha value is -4.11. The summed E-state index contributed by atoms with van der Waals surface area (Å²) in [7, 11) is 1.67. The second-order valence-electron chi connectivity index (χ2n) is 9.96. The maximum atomic E-state index is 13.1. The van der Waals surface area contributed by atoms with Crippen molar-refractivity contribution in [2.45, 2.75) is 38.6 Å². The van der Waals surface area contributed by atoms with E-state index in [-0.39, 0.29) is 23.2 Å². The number of aromatic nitrogens is 4. The number of Topliss-reactive ketones (excluding diaryl/α,β-unsaturated/α-hetero) is 1. The van der Waals surface area contributed by atoms with E-state index < -0.39 is 0 Å². The first kappa shape index (κ1) is 26.5. The molecule has 0 unspecified atom stereocenters. The molecule has 0 atom stereocenters. The maximum Gasteiger partial charge on any atom is 0.258 e. The number of para-hydroxylation sites is 1. The molecule has 202 valence electrons. The summed E-state index contributed by atoms with van der Waals surface area (Å²) < 4.78 is 6.94. The van der Waals surface area contributed by atoms with E-state index in [1.165, 1.54) is 0 Å².